The molecule has 2 heterocycles. The van der Waals surface area contributed by atoms with E-state index in [4.69, 9.17) is 5.11 Å². The molecule has 1 unspecified atom stereocenters. The first-order valence-corrected chi connectivity index (χ1v) is 7.46. The lowest BCUT2D eigenvalue weighted by molar-refractivity contribution is 0.0690. The first kappa shape index (κ1) is 15.2. The standard InChI is InChI=1S/C14H17N3O3S/c1-4-9(13-15-5-6-21-13)17-12(18)10-7(2)11(14(19)20)16-8(10)3/h5-6,9,16H,4H2,1-3H3,(H,17,18)(H,19,20). The van der Waals surface area contributed by atoms with Gasteiger partial charge >= 0.3 is 5.97 Å². The number of aryl methyl sites for hydroxylation is 1. The zero-order chi connectivity index (χ0) is 15.6. The Balaban J connectivity index is 2.26. The smallest absolute Gasteiger partial charge is 0.352 e. The molecule has 0 saturated carbocycles. The molecule has 3 N–H and O–H groups in total. The molecule has 2 aromatic heterocycles. The fraction of sp³-hybridized carbons (Fsp3) is 0.357. The number of H-pyrrole nitrogens is 1. The predicted molar refractivity (Wildman–Crippen MR) is 79.8 cm³/mol. The third-order valence-corrected chi connectivity index (χ3v) is 4.23. The van der Waals surface area contributed by atoms with Crippen LogP contribution in [0.4, 0.5) is 0 Å². The summed E-state index contributed by atoms with van der Waals surface area (Å²) in [5.41, 5.74) is 1.45. The molecule has 0 spiro atoms. The second-order valence-corrected chi connectivity index (χ2v) is 5.66. The third kappa shape index (κ3) is 2.97. The van der Waals surface area contributed by atoms with Crippen LogP contribution in [0.5, 0.6) is 0 Å². The summed E-state index contributed by atoms with van der Waals surface area (Å²) in [6, 6.07) is -0.167. The van der Waals surface area contributed by atoms with Gasteiger partial charge in [0.2, 0.25) is 0 Å². The third-order valence-electron chi connectivity index (χ3n) is 3.34. The van der Waals surface area contributed by atoms with E-state index in [0.717, 1.165) is 5.01 Å². The quantitative estimate of drug-likeness (QED) is 0.791. The van der Waals surface area contributed by atoms with Crippen molar-refractivity contribution >= 4 is 23.2 Å². The highest BCUT2D eigenvalue weighted by molar-refractivity contribution is 7.09. The number of aromatic nitrogens is 2. The Morgan fingerprint density at radius 3 is 2.67 bits per heavy atom. The van der Waals surface area contributed by atoms with Crippen molar-refractivity contribution in [2.45, 2.75) is 33.2 Å². The van der Waals surface area contributed by atoms with E-state index in [1.54, 1.807) is 20.0 Å². The monoisotopic (exact) mass is 307 g/mol. The lowest BCUT2D eigenvalue weighted by atomic mass is 10.1. The van der Waals surface area contributed by atoms with Gasteiger partial charge in [-0.25, -0.2) is 9.78 Å². The number of thiazole rings is 1. The Kier molecular flexibility index (Phi) is 4.42. The Hall–Kier alpha value is -2.15. The van der Waals surface area contributed by atoms with Crippen molar-refractivity contribution < 1.29 is 14.7 Å². The number of nitrogens with zero attached hydrogens (tertiary/aromatic N) is 1. The number of carbonyl (C=O) groups is 2. The Morgan fingerprint density at radius 2 is 2.19 bits per heavy atom. The van der Waals surface area contributed by atoms with Crippen molar-refractivity contribution in [2.24, 2.45) is 0 Å². The maximum Gasteiger partial charge on any atom is 0.352 e. The van der Waals surface area contributed by atoms with Crippen LogP contribution in [-0.4, -0.2) is 27.0 Å². The van der Waals surface area contributed by atoms with Gasteiger partial charge in [0, 0.05) is 17.3 Å². The Labute approximate surface area is 126 Å². The van der Waals surface area contributed by atoms with E-state index in [9.17, 15) is 9.59 Å². The zero-order valence-electron chi connectivity index (χ0n) is 12.1. The van der Waals surface area contributed by atoms with Gasteiger partial charge in [0.15, 0.2) is 0 Å². The van der Waals surface area contributed by atoms with Gasteiger partial charge in [-0.1, -0.05) is 6.92 Å². The van der Waals surface area contributed by atoms with Crippen LogP contribution in [0.3, 0.4) is 0 Å². The number of rotatable bonds is 5. The molecule has 0 saturated heterocycles. The van der Waals surface area contributed by atoms with Crippen LogP contribution in [0.2, 0.25) is 0 Å². The van der Waals surface area contributed by atoms with Crippen molar-refractivity contribution in [3.05, 3.63) is 39.1 Å². The number of hydrogen-bond acceptors (Lipinski definition) is 4. The fourth-order valence-electron chi connectivity index (χ4n) is 2.28. The molecule has 7 heteroatoms. The molecular formula is C14H17N3O3S. The van der Waals surface area contributed by atoms with Gasteiger partial charge in [0.25, 0.3) is 5.91 Å². The molecule has 0 aromatic carbocycles. The van der Waals surface area contributed by atoms with E-state index in [1.165, 1.54) is 11.3 Å². The van der Waals surface area contributed by atoms with Crippen molar-refractivity contribution in [2.75, 3.05) is 0 Å². The molecule has 0 radical (unpaired) electrons. The highest BCUT2D eigenvalue weighted by Crippen LogP contribution is 2.22. The molecule has 0 fully saturated rings. The van der Waals surface area contributed by atoms with Gasteiger partial charge in [-0.2, -0.15) is 0 Å². The summed E-state index contributed by atoms with van der Waals surface area (Å²) in [6.07, 6.45) is 2.41. The number of aromatic amines is 1. The molecule has 2 aromatic rings. The van der Waals surface area contributed by atoms with Crippen LogP contribution in [-0.2, 0) is 0 Å². The average molecular weight is 307 g/mol. The molecule has 0 aliphatic heterocycles. The van der Waals surface area contributed by atoms with Gasteiger partial charge < -0.3 is 15.4 Å². The van der Waals surface area contributed by atoms with E-state index in [0.29, 0.717) is 23.2 Å². The summed E-state index contributed by atoms with van der Waals surface area (Å²) in [7, 11) is 0. The van der Waals surface area contributed by atoms with Gasteiger partial charge in [-0.05, 0) is 25.8 Å². The molecule has 0 aliphatic carbocycles. The fourth-order valence-corrected chi connectivity index (χ4v) is 3.05. The molecule has 1 atom stereocenters. The maximum absolute atomic E-state index is 12.4. The molecule has 0 aliphatic rings. The van der Waals surface area contributed by atoms with Crippen LogP contribution in [0.1, 0.15) is 56.5 Å². The molecular weight excluding hydrogens is 290 g/mol. The second kappa shape index (κ2) is 6.09. The first-order chi connectivity index (χ1) is 9.95. The van der Waals surface area contributed by atoms with E-state index in [-0.39, 0.29) is 17.6 Å². The van der Waals surface area contributed by atoms with Gasteiger partial charge in [-0.15, -0.1) is 11.3 Å². The minimum absolute atomic E-state index is 0.0555. The van der Waals surface area contributed by atoms with Crippen molar-refractivity contribution in [1.29, 1.82) is 0 Å². The SMILES string of the molecule is CCC(NC(=O)c1c(C)[nH]c(C(=O)O)c1C)c1nccs1. The van der Waals surface area contributed by atoms with Gasteiger partial charge in [0.1, 0.15) is 10.7 Å². The number of nitrogens with one attached hydrogen (secondary N) is 2. The maximum atomic E-state index is 12.4. The zero-order valence-corrected chi connectivity index (χ0v) is 12.9. The number of carbonyl (C=O) groups excluding carboxylic acids is 1. The molecule has 6 nitrogen and oxygen atoms in total. The van der Waals surface area contributed by atoms with E-state index in [1.807, 2.05) is 12.3 Å². The molecule has 21 heavy (non-hydrogen) atoms. The molecule has 112 valence electrons. The molecule has 2 rings (SSSR count). The van der Waals surface area contributed by atoms with Crippen molar-refractivity contribution in [1.82, 2.24) is 15.3 Å². The number of aromatic carboxylic acids is 1. The first-order valence-electron chi connectivity index (χ1n) is 6.58. The Morgan fingerprint density at radius 1 is 1.48 bits per heavy atom. The van der Waals surface area contributed by atoms with Crippen LogP contribution >= 0.6 is 11.3 Å². The van der Waals surface area contributed by atoms with Crippen LogP contribution < -0.4 is 5.32 Å². The normalized spacial score (nSPS) is 12.1. The Bertz CT molecular complexity index is 661. The summed E-state index contributed by atoms with van der Waals surface area (Å²) in [5.74, 6) is -1.35. The topological polar surface area (TPSA) is 95.1 Å². The minimum Gasteiger partial charge on any atom is -0.477 e. The summed E-state index contributed by atoms with van der Waals surface area (Å²) in [6.45, 7) is 5.29. The van der Waals surface area contributed by atoms with E-state index >= 15 is 0 Å². The van der Waals surface area contributed by atoms with Crippen molar-refractivity contribution in [3.63, 3.8) is 0 Å². The predicted octanol–water partition coefficient (Wildman–Crippen LogP) is 2.67. The summed E-state index contributed by atoms with van der Waals surface area (Å²) < 4.78 is 0. The average Bonchev–Trinajstić information content (AvgIpc) is 3.04. The minimum atomic E-state index is -1.07. The number of hydrogen-bond donors (Lipinski definition) is 3. The molecule has 1 amide bonds. The van der Waals surface area contributed by atoms with Crippen LogP contribution in [0.25, 0.3) is 0 Å². The summed E-state index contributed by atoms with van der Waals surface area (Å²) in [5, 5.41) is 14.7. The summed E-state index contributed by atoms with van der Waals surface area (Å²) >= 11 is 1.48. The summed E-state index contributed by atoms with van der Waals surface area (Å²) in [4.78, 5) is 30.5. The lowest BCUT2D eigenvalue weighted by Gasteiger charge is -2.14. The van der Waals surface area contributed by atoms with E-state index < -0.39 is 5.97 Å². The number of carboxylic acids is 1. The number of carboxylic acid groups (broad SMARTS) is 1. The highest BCUT2D eigenvalue weighted by atomic mass is 32.1. The van der Waals surface area contributed by atoms with Gasteiger partial charge in [0.05, 0.1) is 11.6 Å². The lowest BCUT2D eigenvalue weighted by Crippen LogP contribution is -2.28. The van der Waals surface area contributed by atoms with Crippen LogP contribution in [0.15, 0.2) is 11.6 Å². The van der Waals surface area contributed by atoms with E-state index in [2.05, 4.69) is 15.3 Å². The van der Waals surface area contributed by atoms with Crippen molar-refractivity contribution in [3.8, 4) is 0 Å². The van der Waals surface area contributed by atoms with Crippen LogP contribution in [0, 0.1) is 13.8 Å². The second-order valence-electron chi connectivity index (χ2n) is 4.73. The van der Waals surface area contributed by atoms with Gasteiger partial charge in [-0.3, -0.25) is 4.79 Å². The highest BCUT2D eigenvalue weighted by Gasteiger charge is 2.24. The number of amides is 1. The largest absolute Gasteiger partial charge is 0.477 e. The molecule has 0 bridgehead atoms.